The number of ether oxygens (including phenoxy) is 1. The van der Waals surface area contributed by atoms with Crippen molar-refractivity contribution in [2.75, 3.05) is 20.2 Å². The summed E-state index contributed by atoms with van der Waals surface area (Å²) in [6, 6.07) is 12.2. The summed E-state index contributed by atoms with van der Waals surface area (Å²) in [7, 11) is 1.76. The van der Waals surface area contributed by atoms with Crippen molar-refractivity contribution in [2.24, 2.45) is 4.99 Å². The minimum absolute atomic E-state index is 0.553. The van der Waals surface area contributed by atoms with Crippen LogP contribution >= 0.6 is 0 Å². The smallest absolute Gasteiger partial charge is 0.191 e. The van der Waals surface area contributed by atoms with Crippen LogP contribution in [0.25, 0.3) is 0 Å². The van der Waals surface area contributed by atoms with Gasteiger partial charge in [-0.2, -0.15) is 0 Å². The Hall–Kier alpha value is -2.56. The van der Waals surface area contributed by atoms with Gasteiger partial charge in [0.25, 0.3) is 0 Å². The maximum absolute atomic E-state index is 5.57. The van der Waals surface area contributed by atoms with E-state index < -0.39 is 0 Å². The largest absolute Gasteiger partial charge is 0.490 e. The molecule has 2 rings (SSSR count). The third kappa shape index (κ3) is 5.44. The first-order valence-electron chi connectivity index (χ1n) is 7.31. The number of nitrogens with one attached hydrogen (secondary N) is 2. The molecule has 0 fully saturated rings. The monoisotopic (exact) mass is 298 g/mol. The lowest BCUT2D eigenvalue weighted by molar-refractivity contribution is 0.320. The van der Waals surface area contributed by atoms with E-state index >= 15 is 0 Å². The molecule has 0 radical (unpaired) electrons. The zero-order valence-electron chi connectivity index (χ0n) is 13.0. The quantitative estimate of drug-likeness (QED) is 0.487. The van der Waals surface area contributed by atoms with Gasteiger partial charge in [0.05, 0.1) is 12.7 Å². The summed E-state index contributed by atoms with van der Waals surface area (Å²) in [6.45, 7) is 4.04. The molecular formula is C17H22N4O. The fourth-order valence-corrected chi connectivity index (χ4v) is 1.88. The lowest BCUT2D eigenvalue weighted by Gasteiger charge is -2.12. The number of aryl methyl sites for hydroxylation is 1. The number of hydrogen-bond acceptors (Lipinski definition) is 3. The van der Waals surface area contributed by atoms with E-state index in [-0.39, 0.29) is 0 Å². The molecule has 0 aliphatic rings. The van der Waals surface area contributed by atoms with Gasteiger partial charge in [0, 0.05) is 19.8 Å². The van der Waals surface area contributed by atoms with Crippen molar-refractivity contribution in [3.05, 3.63) is 59.9 Å². The molecule has 0 spiro atoms. The van der Waals surface area contributed by atoms with E-state index in [0.717, 1.165) is 18.3 Å². The molecule has 1 heterocycles. The van der Waals surface area contributed by atoms with Gasteiger partial charge in [-0.3, -0.25) is 9.98 Å². The van der Waals surface area contributed by atoms with Crippen LogP contribution in [0.1, 0.15) is 11.1 Å². The minimum Gasteiger partial charge on any atom is -0.490 e. The summed E-state index contributed by atoms with van der Waals surface area (Å²) in [5.74, 6) is 1.53. The molecule has 2 N–H and O–H groups in total. The Labute approximate surface area is 131 Å². The number of aromatic nitrogens is 1. The van der Waals surface area contributed by atoms with E-state index in [2.05, 4.69) is 51.8 Å². The summed E-state index contributed by atoms with van der Waals surface area (Å²) in [4.78, 5) is 8.19. The molecule has 0 amide bonds. The number of nitrogens with zero attached hydrogens (tertiary/aromatic N) is 2. The first-order chi connectivity index (χ1) is 10.8. The number of hydrogen-bond donors (Lipinski definition) is 2. The lowest BCUT2D eigenvalue weighted by atomic mass is 10.1. The molecule has 0 unspecified atom stereocenters. The molecule has 0 atom stereocenters. The van der Waals surface area contributed by atoms with Gasteiger partial charge in [-0.25, -0.2) is 0 Å². The minimum atomic E-state index is 0.553. The van der Waals surface area contributed by atoms with Gasteiger partial charge in [-0.05, 0) is 24.6 Å². The van der Waals surface area contributed by atoms with Gasteiger partial charge >= 0.3 is 0 Å². The van der Waals surface area contributed by atoms with Crippen LogP contribution in [0.4, 0.5) is 0 Å². The highest BCUT2D eigenvalue weighted by Crippen LogP contribution is 2.05. The molecule has 116 valence electrons. The van der Waals surface area contributed by atoms with Crippen LogP contribution in [-0.2, 0) is 6.54 Å². The van der Waals surface area contributed by atoms with Gasteiger partial charge in [-0.15, -0.1) is 0 Å². The molecular weight excluding hydrogens is 276 g/mol. The van der Waals surface area contributed by atoms with Gasteiger partial charge in [0.15, 0.2) is 5.96 Å². The van der Waals surface area contributed by atoms with Crippen LogP contribution in [0.3, 0.4) is 0 Å². The molecule has 1 aromatic heterocycles. The van der Waals surface area contributed by atoms with E-state index in [4.69, 9.17) is 4.74 Å². The van der Waals surface area contributed by atoms with E-state index in [1.54, 1.807) is 19.4 Å². The van der Waals surface area contributed by atoms with Crippen molar-refractivity contribution in [3.8, 4) is 5.75 Å². The molecule has 0 saturated carbocycles. The first kappa shape index (κ1) is 15.8. The highest BCUT2D eigenvalue weighted by molar-refractivity contribution is 5.79. The SMILES string of the molecule is CN=C(NCCOc1cccnc1)NCc1ccc(C)cc1. The summed E-state index contributed by atoms with van der Waals surface area (Å²) in [6.07, 6.45) is 3.42. The van der Waals surface area contributed by atoms with E-state index in [1.165, 1.54) is 11.1 Å². The molecule has 0 aliphatic heterocycles. The molecule has 0 aliphatic carbocycles. The summed E-state index contributed by atoms with van der Waals surface area (Å²) in [5.41, 5.74) is 2.49. The summed E-state index contributed by atoms with van der Waals surface area (Å²) >= 11 is 0. The standard InChI is InChI=1S/C17H22N4O/c1-14-5-7-15(8-6-14)12-21-17(18-2)20-10-11-22-16-4-3-9-19-13-16/h3-9,13H,10-12H2,1-2H3,(H2,18,20,21). The average Bonchev–Trinajstić information content (AvgIpc) is 2.57. The number of guanidine groups is 1. The van der Waals surface area contributed by atoms with Crippen molar-refractivity contribution in [1.29, 1.82) is 0 Å². The van der Waals surface area contributed by atoms with Gasteiger partial charge < -0.3 is 15.4 Å². The Morgan fingerprint density at radius 1 is 1.18 bits per heavy atom. The normalized spacial score (nSPS) is 11.1. The van der Waals surface area contributed by atoms with Crippen molar-refractivity contribution in [3.63, 3.8) is 0 Å². The summed E-state index contributed by atoms with van der Waals surface area (Å²) < 4.78 is 5.57. The molecule has 5 heteroatoms. The second-order valence-corrected chi connectivity index (χ2v) is 4.88. The van der Waals surface area contributed by atoms with Crippen LogP contribution in [-0.4, -0.2) is 31.1 Å². The Morgan fingerprint density at radius 2 is 2.00 bits per heavy atom. The second-order valence-electron chi connectivity index (χ2n) is 4.88. The maximum atomic E-state index is 5.57. The molecule has 2 aromatic rings. The predicted molar refractivity (Wildman–Crippen MR) is 89.1 cm³/mol. The Kier molecular flexibility index (Phi) is 6.23. The van der Waals surface area contributed by atoms with E-state index in [1.807, 2.05) is 12.1 Å². The second kappa shape index (κ2) is 8.67. The fourth-order valence-electron chi connectivity index (χ4n) is 1.88. The van der Waals surface area contributed by atoms with Crippen LogP contribution in [0.5, 0.6) is 5.75 Å². The number of pyridine rings is 1. The predicted octanol–water partition coefficient (Wildman–Crippen LogP) is 2.13. The van der Waals surface area contributed by atoms with Crippen LogP contribution in [0.15, 0.2) is 53.8 Å². The number of rotatable bonds is 6. The highest BCUT2D eigenvalue weighted by Gasteiger charge is 1.98. The third-order valence-corrected chi connectivity index (χ3v) is 3.10. The first-order valence-corrected chi connectivity index (χ1v) is 7.31. The molecule has 0 saturated heterocycles. The zero-order valence-corrected chi connectivity index (χ0v) is 13.0. The van der Waals surface area contributed by atoms with Gasteiger partial charge in [0.1, 0.15) is 12.4 Å². The van der Waals surface area contributed by atoms with Crippen molar-refractivity contribution in [2.45, 2.75) is 13.5 Å². The molecule has 0 bridgehead atoms. The van der Waals surface area contributed by atoms with Crippen molar-refractivity contribution in [1.82, 2.24) is 15.6 Å². The third-order valence-electron chi connectivity index (χ3n) is 3.10. The van der Waals surface area contributed by atoms with Crippen LogP contribution in [0.2, 0.25) is 0 Å². The van der Waals surface area contributed by atoms with E-state index in [9.17, 15) is 0 Å². The highest BCUT2D eigenvalue weighted by atomic mass is 16.5. The number of aliphatic imine (C=N–C) groups is 1. The molecule has 22 heavy (non-hydrogen) atoms. The van der Waals surface area contributed by atoms with Gasteiger partial charge in [-0.1, -0.05) is 29.8 Å². The van der Waals surface area contributed by atoms with Crippen LogP contribution < -0.4 is 15.4 Å². The Balaban J connectivity index is 1.68. The zero-order chi connectivity index (χ0) is 15.6. The summed E-state index contributed by atoms with van der Waals surface area (Å²) in [5, 5.41) is 6.49. The topological polar surface area (TPSA) is 58.5 Å². The molecule has 5 nitrogen and oxygen atoms in total. The lowest BCUT2D eigenvalue weighted by Crippen LogP contribution is -2.38. The average molecular weight is 298 g/mol. The number of benzene rings is 1. The Morgan fingerprint density at radius 3 is 2.68 bits per heavy atom. The fraction of sp³-hybridized carbons (Fsp3) is 0.294. The maximum Gasteiger partial charge on any atom is 0.191 e. The van der Waals surface area contributed by atoms with Gasteiger partial charge in [0.2, 0.25) is 0 Å². The van der Waals surface area contributed by atoms with Crippen molar-refractivity contribution < 1.29 is 4.74 Å². The Bertz CT molecular complexity index is 581. The molecule has 1 aromatic carbocycles. The van der Waals surface area contributed by atoms with Crippen molar-refractivity contribution >= 4 is 5.96 Å². The van der Waals surface area contributed by atoms with E-state index in [0.29, 0.717) is 13.2 Å². The van der Waals surface area contributed by atoms with Crippen LogP contribution in [0, 0.1) is 6.92 Å².